The van der Waals surface area contributed by atoms with E-state index in [1.807, 2.05) is 0 Å². The van der Waals surface area contributed by atoms with E-state index in [1.54, 1.807) is 22.6 Å². The molecule has 0 N–H and O–H groups in total. The summed E-state index contributed by atoms with van der Waals surface area (Å²) in [6.45, 7) is 0. The Kier molecular flexibility index (Phi) is 3.93. The van der Waals surface area contributed by atoms with Gasteiger partial charge in [0.2, 0.25) is 0 Å². The van der Waals surface area contributed by atoms with E-state index in [2.05, 4.69) is 4.98 Å². The normalized spacial score (nSPS) is 15.4. The molecule has 0 spiro atoms. The van der Waals surface area contributed by atoms with Gasteiger partial charge in [-0.1, -0.05) is 0 Å². The van der Waals surface area contributed by atoms with Gasteiger partial charge in [-0.25, -0.2) is 0 Å². The predicted octanol–water partition coefficient (Wildman–Crippen LogP) is 3.26. The summed E-state index contributed by atoms with van der Waals surface area (Å²) in [6.07, 6.45) is -2.55. The maximum Gasteiger partial charge on any atom is 0.417 e. The van der Waals surface area contributed by atoms with Gasteiger partial charge in [0.1, 0.15) is 11.5 Å². The van der Waals surface area contributed by atoms with E-state index in [-0.39, 0.29) is 27.4 Å². The van der Waals surface area contributed by atoms with E-state index in [9.17, 15) is 22.8 Å². The van der Waals surface area contributed by atoms with Crippen LogP contribution in [0.3, 0.4) is 0 Å². The third kappa shape index (κ3) is 3.52. The van der Waals surface area contributed by atoms with Crippen molar-refractivity contribution < 1.29 is 22.8 Å². The van der Waals surface area contributed by atoms with Crippen LogP contribution in [0.4, 0.5) is 13.2 Å². The average molecular weight is 383 g/mol. The molecule has 102 valence electrons. The zero-order chi connectivity index (χ0) is 14.2. The number of Topliss-reactive ketones (excluding diaryl/α,β-unsaturated/α-hetero) is 2. The van der Waals surface area contributed by atoms with Gasteiger partial charge in [-0.15, -0.1) is 0 Å². The fraction of sp³-hybridized carbons (Fsp3) is 0.417. The van der Waals surface area contributed by atoms with Crippen molar-refractivity contribution >= 4 is 34.2 Å². The molecule has 0 radical (unpaired) electrons. The standard InChI is InChI=1S/C12H9F3INO2/c13-12(14,15)7-3-8(16)11(17-5-7)10(19)4-9(18)6-1-2-6/h3,5-6H,1-2,4H2. The van der Waals surface area contributed by atoms with E-state index >= 15 is 0 Å². The van der Waals surface area contributed by atoms with Crippen LogP contribution in [0.2, 0.25) is 0 Å². The first-order valence-electron chi connectivity index (χ1n) is 5.57. The molecule has 0 atom stereocenters. The van der Waals surface area contributed by atoms with Crippen LogP contribution in [0.5, 0.6) is 0 Å². The third-order valence-corrected chi connectivity index (χ3v) is 3.62. The van der Waals surface area contributed by atoms with E-state index in [1.165, 1.54) is 0 Å². The predicted molar refractivity (Wildman–Crippen MR) is 68.6 cm³/mol. The second kappa shape index (κ2) is 5.18. The summed E-state index contributed by atoms with van der Waals surface area (Å²) in [5.74, 6) is -0.714. The van der Waals surface area contributed by atoms with Gasteiger partial charge in [-0.2, -0.15) is 13.2 Å². The fourth-order valence-corrected chi connectivity index (χ4v) is 2.37. The molecule has 0 aliphatic heterocycles. The van der Waals surface area contributed by atoms with E-state index in [0.29, 0.717) is 6.20 Å². The second-order valence-corrected chi connectivity index (χ2v) is 5.55. The first-order valence-corrected chi connectivity index (χ1v) is 6.65. The van der Waals surface area contributed by atoms with Gasteiger partial charge in [-0.3, -0.25) is 14.6 Å². The number of halogens is 4. The fourth-order valence-electron chi connectivity index (χ4n) is 1.59. The van der Waals surface area contributed by atoms with Crippen LogP contribution in [-0.2, 0) is 11.0 Å². The minimum Gasteiger partial charge on any atom is -0.299 e. The van der Waals surface area contributed by atoms with Crippen LogP contribution in [-0.4, -0.2) is 16.6 Å². The molecular formula is C12H9F3INO2. The highest BCUT2D eigenvalue weighted by atomic mass is 127. The summed E-state index contributed by atoms with van der Waals surface area (Å²) in [5, 5.41) is 0. The Morgan fingerprint density at radius 2 is 2.00 bits per heavy atom. The molecule has 7 heteroatoms. The Balaban J connectivity index is 2.16. The van der Waals surface area contributed by atoms with Crippen LogP contribution in [0.25, 0.3) is 0 Å². The van der Waals surface area contributed by atoms with Crippen molar-refractivity contribution in [1.82, 2.24) is 4.98 Å². The minimum absolute atomic E-state index is 0.0453. The van der Waals surface area contributed by atoms with Gasteiger partial charge in [0.25, 0.3) is 0 Å². The first-order chi connectivity index (χ1) is 8.79. The number of alkyl halides is 3. The molecule has 0 bridgehead atoms. The largest absolute Gasteiger partial charge is 0.417 e. The number of pyridine rings is 1. The van der Waals surface area contributed by atoms with E-state index in [0.717, 1.165) is 18.9 Å². The number of ketones is 2. The number of hydrogen-bond acceptors (Lipinski definition) is 3. The van der Waals surface area contributed by atoms with Gasteiger partial charge in [0, 0.05) is 15.7 Å². The van der Waals surface area contributed by atoms with Gasteiger partial charge < -0.3 is 0 Å². The highest BCUT2D eigenvalue weighted by molar-refractivity contribution is 14.1. The van der Waals surface area contributed by atoms with Gasteiger partial charge in [0.05, 0.1) is 12.0 Å². The van der Waals surface area contributed by atoms with Crippen molar-refractivity contribution in [1.29, 1.82) is 0 Å². The quantitative estimate of drug-likeness (QED) is 0.456. The lowest BCUT2D eigenvalue weighted by atomic mass is 10.1. The molecule has 1 saturated carbocycles. The average Bonchev–Trinajstić information content (AvgIpc) is 3.10. The van der Waals surface area contributed by atoms with Gasteiger partial charge >= 0.3 is 6.18 Å². The first kappa shape index (κ1) is 14.4. The van der Waals surface area contributed by atoms with Crippen molar-refractivity contribution in [2.75, 3.05) is 0 Å². The molecule has 2 rings (SSSR count). The number of carbonyl (C=O) groups is 2. The molecule has 0 saturated heterocycles. The van der Waals surface area contributed by atoms with Crippen molar-refractivity contribution in [3.05, 3.63) is 27.1 Å². The van der Waals surface area contributed by atoms with Crippen LogP contribution < -0.4 is 0 Å². The summed E-state index contributed by atoms with van der Waals surface area (Å²) in [4.78, 5) is 26.8. The Hall–Kier alpha value is -0.990. The number of rotatable bonds is 4. The zero-order valence-electron chi connectivity index (χ0n) is 9.63. The van der Waals surface area contributed by atoms with Crippen molar-refractivity contribution in [2.45, 2.75) is 25.4 Å². The Bertz CT molecular complexity index is 538. The minimum atomic E-state index is -4.49. The monoisotopic (exact) mass is 383 g/mol. The summed E-state index contributed by atoms with van der Waals surface area (Å²) in [7, 11) is 0. The lowest BCUT2D eigenvalue weighted by molar-refractivity contribution is -0.137. The molecule has 1 heterocycles. The van der Waals surface area contributed by atoms with Crippen LogP contribution in [0, 0.1) is 9.49 Å². The Labute approximate surface area is 120 Å². The van der Waals surface area contributed by atoms with Gasteiger partial charge in [0.15, 0.2) is 5.78 Å². The summed E-state index contributed by atoms with van der Waals surface area (Å²) in [6, 6.07) is 0.863. The Morgan fingerprint density at radius 3 is 2.47 bits per heavy atom. The maximum atomic E-state index is 12.4. The topological polar surface area (TPSA) is 47.0 Å². The van der Waals surface area contributed by atoms with Crippen molar-refractivity contribution in [3.8, 4) is 0 Å². The molecule has 0 aromatic carbocycles. The third-order valence-electron chi connectivity index (χ3n) is 2.80. The highest BCUT2D eigenvalue weighted by Gasteiger charge is 2.33. The van der Waals surface area contributed by atoms with Crippen LogP contribution in [0.1, 0.15) is 35.3 Å². The van der Waals surface area contributed by atoms with Crippen LogP contribution in [0.15, 0.2) is 12.3 Å². The Morgan fingerprint density at radius 1 is 1.37 bits per heavy atom. The van der Waals surface area contributed by atoms with Gasteiger partial charge in [-0.05, 0) is 41.5 Å². The number of carbonyl (C=O) groups excluding carboxylic acids is 2. The van der Waals surface area contributed by atoms with Crippen molar-refractivity contribution in [2.24, 2.45) is 5.92 Å². The number of aromatic nitrogens is 1. The van der Waals surface area contributed by atoms with E-state index < -0.39 is 17.5 Å². The molecule has 1 aliphatic carbocycles. The van der Waals surface area contributed by atoms with E-state index in [4.69, 9.17) is 0 Å². The van der Waals surface area contributed by atoms with Crippen molar-refractivity contribution in [3.63, 3.8) is 0 Å². The maximum absolute atomic E-state index is 12.4. The molecular weight excluding hydrogens is 374 g/mol. The summed E-state index contributed by atoms with van der Waals surface area (Å²) in [5.41, 5.74) is -0.968. The molecule has 1 fully saturated rings. The molecule has 1 aliphatic rings. The number of hydrogen-bond donors (Lipinski definition) is 0. The smallest absolute Gasteiger partial charge is 0.299 e. The molecule has 0 unspecified atom stereocenters. The molecule has 1 aromatic heterocycles. The van der Waals surface area contributed by atoms with Crippen LogP contribution >= 0.6 is 22.6 Å². The second-order valence-electron chi connectivity index (χ2n) is 4.39. The number of nitrogens with zero attached hydrogens (tertiary/aromatic N) is 1. The molecule has 0 amide bonds. The molecule has 3 nitrogen and oxygen atoms in total. The molecule has 19 heavy (non-hydrogen) atoms. The zero-order valence-corrected chi connectivity index (χ0v) is 11.8. The SMILES string of the molecule is O=C(CC(=O)C1CC1)c1ncc(C(F)(F)F)cc1I. The lowest BCUT2D eigenvalue weighted by Gasteiger charge is -2.08. The summed E-state index contributed by atoms with van der Waals surface area (Å²) >= 11 is 1.63. The highest BCUT2D eigenvalue weighted by Crippen LogP contribution is 2.32. The molecule has 1 aromatic rings. The summed E-state index contributed by atoms with van der Waals surface area (Å²) < 4.78 is 37.4. The lowest BCUT2D eigenvalue weighted by Crippen LogP contribution is -2.14.